The van der Waals surface area contributed by atoms with Gasteiger partial charge < -0.3 is 9.47 Å². The van der Waals surface area contributed by atoms with E-state index in [1.807, 2.05) is 5.51 Å². The van der Waals surface area contributed by atoms with Gasteiger partial charge in [-0.2, -0.15) is 0 Å². The van der Waals surface area contributed by atoms with E-state index in [9.17, 15) is 0 Å². The molecule has 0 aliphatic carbocycles. The maximum absolute atomic E-state index is 5.67. The van der Waals surface area contributed by atoms with Gasteiger partial charge in [0.25, 0.3) is 0 Å². The molecule has 2 aromatic heterocycles. The average molecular weight is 318 g/mol. The molecule has 3 rings (SSSR count). The second kappa shape index (κ2) is 4.01. The van der Waals surface area contributed by atoms with Crippen LogP contribution in [0.4, 0.5) is 0 Å². The van der Waals surface area contributed by atoms with E-state index in [1.165, 1.54) is 4.88 Å². The molecule has 84 valence electrons. The first kappa shape index (κ1) is 10.6. The van der Waals surface area contributed by atoms with Gasteiger partial charge in [-0.05, 0) is 22.9 Å². The first-order valence-corrected chi connectivity index (χ1v) is 7.24. The van der Waals surface area contributed by atoms with Crippen LogP contribution in [0, 0.1) is 6.92 Å². The van der Waals surface area contributed by atoms with Crippen LogP contribution in [0.3, 0.4) is 0 Å². The van der Waals surface area contributed by atoms with Crippen molar-refractivity contribution in [3.63, 3.8) is 0 Å². The summed E-state index contributed by atoms with van der Waals surface area (Å²) in [5.41, 5.74) is 2.86. The quantitative estimate of drug-likeness (QED) is 0.803. The van der Waals surface area contributed by atoms with Gasteiger partial charge in [0.2, 0.25) is 0 Å². The van der Waals surface area contributed by atoms with Crippen molar-refractivity contribution in [1.82, 2.24) is 4.98 Å². The molecule has 1 aliphatic rings. The van der Waals surface area contributed by atoms with Gasteiger partial charge in [0.15, 0.2) is 11.5 Å². The Kier molecular flexibility index (Phi) is 2.65. The summed E-state index contributed by atoms with van der Waals surface area (Å²) in [4.78, 5) is 6.64. The molecule has 1 aliphatic heterocycles. The molecule has 0 spiro atoms. The van der Waals surface area contributed by atoms with E-state index in [0.717, 1.165) is 25.9 Å². The second-order valence-corrected chi connectivity index (χ2v) is 6.71. The lowest BCUT2D eigenvalue weighted by Gasteiger charge is -2.16. The molecule has 6 heteroatoms. The van der Waals surface area contributed by atoms with Gasteiger partial charge in [-0.15, -0.1) is 22.7 Å². The summed E-state index contributed by atoms with van der Waals surface area (Å²) in [5.74, 6) is 1.65. The maximum Gasteiger partial charge on any atom is 0.187 e. The summed E-state index contributed by atoms with van der Waals surface area (Å²) in [6.07, 6.45) is 0. The molecule has 0 fully saturated rings. The van der Waals surface area contributed by atoms with E-state index in [4.69, 9.17) is 9.47 Å². The number of halogens is 1. The lowest BCUT2D eigenvalue weighted by atomic mass is 10.3. The van der Waals surface area contributed by atoms with Crippen molar-refractivity contribution in [3.05, 3.63) is 14.2 Å². The largest absolute Gasteiger partial charge is 0.484 e. The van der Waals surface area contributed by atoms with Crippen LogP contribution in [0.5, 0.6) is 11.5 Å². The fourth-order valence-corrected chi connectivity index (χ4v) is 3.99. The Hall–Kier alpha value is -0.590. The standard InChI is InChI=1S/C10H8BrNO2S2/c1-5-6(12-4-15-5)9-7-8(10(11)16-9)14-3-2-13-7/h4H,2-3H2,1H3. The normalized spacial score (nSPS) is 14.1. The highest BCUT2D eigenvalue weighted by molar-refractivity contribution is 9.11. The fourth-order valence-electron chi connectivity index (χ4n) is 1.59. The highest BCUT2D eigenvalue weighted by Gasteiger charge is 2.25. The van der Waals surface area contributed by atoms with Gasteiger partial charge >= 0.3 is 0 Å². The van der Waals surface area contributed by atoms with E-state index in [2.05, 4.69) is 27.8 Å². The van der Waals surface area contributed by atoms with Crippen molar-refractivity contribution in [3.8, 4) is 22.1 Å². The van der Waals surface area contributed by atoms with Crippen LogP contribution in [-0.2, 0) is 0 Å². The molecule has 0 N–H and O–H groups in total. The molecule has 0 bridgehead atoms. The molecule has 3 heterocycles. The highest BCUT2D eigenvalue weighted by Crippen LogP contribution is 2.52. The summed E-state index contributed by atoms with van der Waals surface area (Å²) in [6, 6.07) is 0. The van der Waals surface area contributed by atoms with E-state index in [0.29, 0.717) is 13.2 Å². The van der Waals surface area contributed by atoms with Gasteiger partial charge in [-0.3, -0.25) is 0 Å². The molecular weight excluding hydrogens is 310 g/mol. The molecule has 16 heavy (non-hydrogen) atoms. The molecule has 0 aromatic carbocycles. The number of fused-ring (bicyclic) bond motifs is 1. The Bertz CT molecular complexity index is 535. The Balaban J connectivity index is 2.18. The van der Waals surface area contributed by atoms with Crippen molar-refractivity contribution in [2.45, 2.75) is 6.92 Å². The first-order chi connectivity index (χ1) is 7.77. The van der Waals surface area contributed by atoms with Crippen molar-refractivity contribution in [2.24, 2.45) is 0 Å². The Morgan fingerprint density at radius 2 is 2.06 bits per heavy atom. The van der Waals surface area contributed by atoms with Gasteiger partial charge in [0.1, 0.15) is 21.9 Å². The summed E-state index contributed by atoms with van der Waals surface area (Å²) in [6.45, 7) is 3.28. The fraction of sp³-hybridized carbons (Fsp3) is 0.300. The monoisotopic (exact) mass is 317 g/mol. The second-order valence-electron chi connectivity index (χ2n) is 3.32. The minimum absolute atomic E-state index is 0.604. The number of hydrogen-bond donors (Lipinski definition) is 0. The van der Waals surface area contributed by atoms with E-state index in [1.54, 1.807) is 22.7 Å². The zero-order valence-electron chi connectivity index (χ0n) is 8.45. The minimum Gasteiger partial charge on any atom is -0.484 e. The molecule has 0 saturated heterocycles. The van der Waals surface area contributed by atoms with Crippen LogP contribution in [0.2, 0.25) is 0 Å². The number of ether oxygens (including phenoxy) is 2. The van der Waals surface area contributed by atoms with Crippen LogP contribution in [0.25, 0.3) is 10.6 Å². The van der Waals surface area contributed by atoms with Crippen LogP contribution in [0.15, 0.2) is 9.30 Å². The molecule has 0 amide bonds. The topological polar surface area (TPSA) is 31.4 Å². The third-order valence-electron chi connectivity index (χ3n) is 2.32. The van der Waals surface area contributed by atoms with E-state index >= 15 is 0 Å². The number of aryl methyl sites for hydroxylation is 1. The maximum atomic E-state index is 5.67. The summed E-state index contributed by atoms with van der Waals surface area (Å²) in [5, 5.41) is 0. The van der Waals surface area contributed by atoms with Crippen molar-refractivity contribution < 1.29 is 9.47 Å². The number of nitrogens with zero attached hydrogens (tertiary/aromatic N) is 1. The number of aromatic nitrogens is 1. The Morgan fingerprint density at radius 3 is 2.75 bits per heavy atom. The van der Waals surface area contributed by atoms with Crippen molar-refractivity contribution in [2.75, 3.05) is 13.2 Å². The third-order valence-corrected chi connectivity index (χ3v) is 4.87. The Labute approximate surface area is 109 Å². The molecule has 0 saturated carbocycles. The van der Waals surface area contributed by atoms with Gasteiger partial charge in [-0.1, -0.05) is 0 Å². The summed E-state index contributed by atoms with van der Waals surface area (Å²) >= 11 is 6.76. The third kappa shape index (κ3) is 1.56. The predicted molar refractivity (Wildman–Crippen MR) is 68.9 cm³/mol. The van der Waals surface area contributed by atoms with Crippen molar-refractivity contribution in [1.29, 1.82) is 0 Å². The number of thiazole rings is 1. The van der Waals surface area contributed by atoms with Crippen LogP contribution < -0.4 is 9.47 Å². The first-order valence-electron chi connectivity index (χ1n) is 4.75. The number of thiophene rings is 1. The van der Waals surface area contributed by atoms with E-state index in [-0.39, 0.29) is 0 Å². The molecule has 0 atom stereocenters. The average Bonchev–Trinajstić information content (AvgIpc) is 2.84. The molecule has 0 unspecified atom stereocenters. The van der Waals surface area contributed by atoms with Crippen LogP contribution in [-0.4, -0.2) is 18.2 Å². The SMILES string of the molecule is Cc1scnc1-c1sc(Br)c2c1OCCO2. The smallest absolute Gasteiger partial charge is 0.187 e. The van der Waals surface area contributed by atoms with Gasteiger partial charge in [0.05, 0.1) is 11.2 Å². The number of hydrogen-bond acceptors (Lipinski definition) is 5. The van der Waals surface area contributed by atoms with Gasteiger partial charge in [-0.25, -0.2) is 4.98 Å². The lowest BCUT2D eigenvalue weighted by molar-refractivity contribution is 0.173. The predicted octanol–water partition coefficient (Wildman–Crippen LogP) is 3.71. The van der Waals surface area contributed by atoms with Crippen LogP contribution in [0.1, 0.15) is 4.88 Å². The van der Waals surface area contributed by atoms with Crippen LogP contribution >= 0.6 is 38.6 Å². The lowest BCUT2D eigenvalue weighted by Crippen LogP contribution is -2.14. The number of rotatable bonds is 1. The van der Waals surface area contributed by atoms with Gasteiger partial charge in [0, 0.05) is 4.88 Å². The zero-order valence-corrected chi connectivity index (χ0v) is 11.7. The molecular formula is C10H8BrNO2S2. The molecule has 2 aromatic rings. The highest BCUT2D eigenvalue weighted by atomic mass is 79.9. The zero-order chi connectivity index (χ0) is 11.1. The molecule has 3 nitrogen and oxygen atoms in total. The summed E-state index contributed by atoms with van der Waals surface area (Å²) < 4.78 is 12.2. The van der Waals surface area contributed by atoms with E-state index < -0.39 is 0 Å². The Morgan fingerprint density at radius 1 is 1.31 bits per heavy atom. The molecule has 0 radical (unpaired) electrons. The minimum atomic E-state index is 0.604. The van der Waals surface area contributed by atoms with Crippen molar-refractivity contribution >= 4 is 38.6 Å². The summed E-state index contributed by atoms with van der Waals surface area (Å²) in [7, 11) is 0.